The van der Waals surface area contributed by atoms with Crippen LogP contribution in [0.15, 0.2) is 18.5 Å². The molecule has 0 spiro atoms. The molecule has 1 fully saturated rings. The highest BCUT2D eigenvalue weighted by atomic mass is 16.6. The van der Waals surface area contributed by atoms with Gasteiger partial charge in [-0.15, -0.1) is 0 Å². The molecular weight excluding hydrogens is 244 g/mol. The summed E-state index contributed by atoms with van der Waals surface area (Å²) in [5, 5.41) is 14.2. The third-order valence-corrected chi connectivity index (χ3v) is 4.09. The maximum atomic E-state index is 10.9. The molecule has 1 aromatic rings. The summed E-state index contributed by atoms with van der Waals surface area (Å²) in [7, 11) is 4.15. The van der Waals surface area contributed by atoms with Gasteiger partial charge in [-0.2, -0.15) is 0 Å². The van der Waals surface area contributed by atoms with E-state index in [1.807, 2.05) is 0 Å². The van der Waals surface area contributed by atoms with Crippen LogP contribution in [-0.2, 0) is 0 Å². The number of nitro groups is 1. The second-order valence-electron chi connectivity index (χ2n) is 5.33. The average molecular weight is 264 g/mol. The van der Waals surface area contributed by atoms with E-state index in [1.165, 1.54) is 19.0 Å². The molecule has 0 bridgehead atoms. The Kier molecular flexibility index (Phi) is 3.99. The summed E-state index contributed by atoms with van der Waals surface area (Å²) in [6.07, 6.45) is 7.57. The minimum Gasteiger partial charge on any atom is -0.378 e. The molecule has 6 heteroatoms. The second-order valence-corrected chi connectivity index (χ2v) is 5.33. The van der Waals surface area contributed by atoms with Crippen LogP contribution < -0.4 is 5.32 Å². The molecule has 19 heavy (non-hydrogen) atoms. The predicted octanol–water partition coefficient (Wildman–Crippen LogP) is 2.28. The molecule has 1 heterocycles. The smallest absolute Gasteiger partial charge is 0.310 e. The predicted molar refractivity (Wildman–Crippen MR) is 74.3 cm³/mol. The van der Waals surface area contributed by atoms with Crippen LogP contribution in [0.5, 0.6) is 0 Å². The van der Waals surface area contributed by atoms with Gasteiger partial charge in [-0.1, -0.05) is 12.8 Å². The highest BCUT2D eigenvalue weighted by Gasteiger charge is 2.36. The van der Waals surface area contributed by atoms with Crippen molar-refractivity contribution in [2.45, 2.75) is 31.2 Å². The Morgan fingerprint density at radius 2 is 2.16 bits per heavy atom. The zero-order chi connectivity index (χ0) is 13.9. The van der Waals surface area contributed by atoms with E-state index in [9.17, 15) is 10.1 Å². The Hall–Kier alpha value is -1.69. The summed E-state index contributed by atoms with van der Waals surface area (Å²) in [5.41, 5.74) is 0.694. The monoisotopic (exact) mass is 264 g/mol. The van der Waals surface area contributed by atoms with E-state index >= 15 is 0 Å². The minimum absolute atomic E-state index is 0.0365. The average Bonchev–Trinajstić information content (AvgIpc) is 2.86. The Morgan fingerprint density at radius 3 is 2.74 bits per heavy atom. The van der Waals surface area contributed by atoms with Crippen molar-refractivity contribution in [3.05, 3.63) is 28.6 Å². The number of nitrogens with one attached hydrogen (secondary N) is 1. The van der Waals surface area contributed by atoms with Gasteiger partial charge in [-0.25, -0.2) is 0 Å². The summed E-state index contributed by atoms with van der Waals surface area (Å²) in [4.78, 5) is 16.6. The highest BCUT2D eigenvalue weighted by molar-refractivity contribution is 5.59. The fourth-order valence-corrected chi connectivity index (χ4v) is 2.76. The number of anilines is 1. The molecule has 1 aromatic heterocycles. The van der Waals surface area contributed by atoms with Gasteiger partial charge in [0.2, 0.25) is 0 Å². The molecule has 1 saturated carbocycles. The number of aromatic nitrogens is 1. The zero-order valence-electron chi connectivity index (χ0n) is 11.4. The van der Waals surface area contributed by atoms with E-state index in [1.54, 1.807) is 12.3 Å². The Balaban J connectivity index is 2.12. The number of rotatable bonds is 5. The van der Waals surface area contributed by atoms with E-state index in [0.29, 0.717) is 5.69 Å². The quantitative estimate of drug-likeness (QED) is 0.652. The van der Waals surface area contributed by atoms with Crippen LogP contribution in [0.1, 0.15) is 25.7 Å². The van der Waals surface area contributed by atoms with Gasteiger partial charge >= 0.3 is 5.69 Å². The third kappa shape index (κ3) is 2.84. The first-order valence-corrected chi connectivity index (χ1v) is 6.55. The van der Waals surface area contributed by atoms with Gasteiger partial charge in [0.25, 0.3) is 0 Å². The Labute approximate surface area is 113 Å². The van der Waals surface area contributed by atoms with Crippen molar-refractivity contribution < 1.29 is 4.92 Å². The minimum atomic E-state index is -0.397. The van der Waals surface area contributed by atoms with Crippen molar-refractivity contribution in [1.82, 2.24) is 9.88 Å². The van der Waals surface area contributed by atoms with Crippen molar-refractivity contribution in [2.75, 3.05) is 26.0 Å². The first kappa shape index (κ1) is 13.7. The SMILES string of the molecule is CN(C)C1(CNc2ccncc2[N+](=O)[O-])CCCC1. The molecule has 1 aliphatic carbocycles. The van der Waals surface area contributed by atoms with E-state index < -0.39 is 4.92 Å². The number of hydrogen-bond acceptors (Lipinski definition) is 5. The summed E-state index contributed by atoms with van der Waals surface area (Å²) in [5.74, 6) is 0. The van der Waals surface area contributed by atoms with E-state index in [4.69, 9.17) is 0 Å². The van der Waals surface area contributed by atoms with Gasteiger partial charge in [0.05, 0.1) is 4.92 Å². The number of nitrogens with zero attached hydrogens (tertiary/aromatic N) is 3. The molecule has 104 valence electrons. The maximum absolute atomic E-state index is 10.9. The number of hydrogen-bond donors (Lipinski definition) is 1. The van der Waals surface area contributed by atoms with Crippen molar-refractivity contribution in [3.8, 4) is 0 Å². The molecule has 1 N–H and O–H groups in total. The van der Waals surface area contributed by atoms with Crippen LogP contribution in [0, 0.1) is 10.1 Å². The molecule has 1 aliphatic rings. The summed E-state index contributed by atoms with van der Waals surface area (Å²) >= 11 is 0. The van der Waals surface area contributed by atoms with Gasteiger partial charge in [0.1, 0.15) is 11.9 Å². The van der Waals surface area contributed by atoms with Crippen LogP contribution in [0.25, 0.3) is 0 Å². The van der Waals surface area contributed by atoms with Crippen LogP contribution in [0.3, 0.4) is 0 Å². The second kappa shape index (κ2) is 5.52. The van der Waals surface area contributed by atoms with Gasteiger partial charge in [-0.3, -0.25) is 15.1 Å². The topological polar surface area (TPSA) is 71.3 Å². The summed E-state index contributed by atoms with van der Waals surface area (Å²) in [6.45, 7) is 0.727. The molecule has 0 radical (unpaired) electrons. The van der Waals surface area contributed by atoms with Crippen LogP contribution in [-0.4, -0.2) is 41.0 Å². The summed E-state index contributed by atoms with van der Waals surface area (Å²) < 4.78 is 0. The van der Waals surface area contributed by atoms with Gasteiger partial charge < -0.3 is 10.2 Å². The molecule has 0 aliphatic heterocycles. The van der Waals surface area contributed by atoms with E-state index in [2.05, 4.69) is 29.3 Å². The Bertz CT molecular complexity index is 456. The Morgan fingerprint density at radius 1 is 1.47 bits per heavy atom. The lowest BCUT2D eigenvalue weighted by Gasteiger charge is -2.36. The fourth-order valence-electron chi connectivity index (χ4n) is 2.76. The first-order chi connectivity index (χ1) is 9.05. The summed E-state index contributed by atoms with van der Waals surface area (Å²) in [6, 6.07) is 1.66. The van der Waals surface area contributed by atoms with Gasteiger partial charge in [0, 0.05) is 18.3 Å². The van der Waals surface area contributed by atoms with Crippen molar-refractivity contribution in [1.29, 1.82) is 0 Å². The molecule has 0 aromatic carbocycles. The van der Waals surface area contributed by atoms with Crippen LogP contribution in [0.2, 0.25) is 0 Å². The molecule has 2 rings (SSSR count). The van der Waals surface area contributed by atoms with E-state index in [-0.39, 0.29) is 11.2 Å². The number of likely N-dealkylation sites (N-methyl/N-ethyl adjacent to an activating group) is 1. The van der Waals surface area contributed by atoms with Gasteiger partial charge in [-0.05, 0) is 33.0 Å². The molecule has 0 saturated heterocycles. The van der Waals surface area contributed by atoms with Crippen molar-refractivity contribution >= 4 is 11.4 Å². The van der Waals surface area contributed by atoms with Crippen LogP contribution in [0.4, 0.5) is 11.4 Å². The maximum Gasteiger partial charge on any atom is 0.310 e. The lowest BCUT2D eigenvalue weighted by atomic mass is 9.96. The van der Waals surface area contributed by atoms with Crippen molar-refractivity contribution in [2.24, 2.45) is 0 Å². The number of pyridine rings is 1. The lowest BCUT2D eigenvalue weighted by Crippen LogP contribution is -2.47. The standard InChI is InChI=1S/C13H20N4O2/c1-16(2)13(6-3-4-7-13)10-15-11-5-8-14-9-12(11)17(18)19/h5,8-9H,3-4,6-7,10H2,1-2H3,(H,14,15). The first-order valence-electron chi connectivity index (χ1n) is 6.55. The van der Waals surface area contributed by atoms with Gasteiger partial charge in [0.15, 0.2) is 0 Å². The molecule has 0 unspecified atom stereocenters. The van der Waals surface area contributed by atoms with E-state index in [0.717, 1.165) is 19.4 Å². The van der Waals surface area contributed by atoms with Crippen LogP contribution >= 0.6 is 0 Å². The fraction of sp³-hybridized carbons (Fsp3) is 0.615. The molecular formula is C13H20N4O2. The third-order valence-electron chi connectivity index (χ3n) is 4.09. The highest BCUT2D eigenvalue weighted by Crippen LogP contribution is 2.34. The molecule has 6 nitrogen and oxygen atoms in total. The largest absolute Gasteiger partial charge is 0.378 e. The molecule has 0 atom stereocenters. The zero-order valence-corrected chi connectivity index (χ0v) is 11.4. The molecule has 0 amide bonds. The van der Waals surface area contributed by atoms with Crippen molar-refractivity contribution in [3.63, 3.8) is 0 Å². The lowest BCUT2D eigenvalue weighted by molar-refractivity contribution is -0.384. The normalized spacial score (nSPS) is 17.6.